The van der Waals surface area contributed by atoms with Crippen LogP contribution in [0.1, 0.15) is 12.8 Å². The fraction of sp³-hybridized carbons (Fsp3) is 0.462. The van der Waals surface area contributed by atoms with Crippen molar-refractivity contribution in [3.63, 3.8) is 0 Å². The van der Waals surface area contributed by atoms with Gasteiger partial charge in [-0.1, -0.05) is 0 Å². The van der Waals surface area contributed by atoms with Crippen molar-refractivity contribution in [2.24, 2.45) is 0 Å². The van der Waals surface area contributed by atoms with Crippen molar-refractivity contribution in [2.75, 3.05) is 19.0 Å². The Morgan fingerprint density at radius 1 is 1.00 bits per heavy atom. The van der Waals surface area contributed by atoms with Crippen LogP contribution < -0.4 is 4.74 Å². The Bertz CT molecular complexity index is 561. The van der Waals surface area contributed by atoms with Gasteiger partial charge in [-0.25, -0.2) is 13.2 Å². The van der Waals surface area contributed by atoms with Crippen molar-refractivity contribution >= 4 is 17.5 Å². The van der Waals surface area contributed by atoms with E-state index in [1.54, 1.807) is 0 Å². The van der Waals surface area contributed by atoms with E-state index in [-0.39, 0.29) is 37.7 Å². The number of halogens is 6. The van der Waals surface area contributed by atoms with Gasteiger partial charge in [-0.3, -0.25) is 4.79 Å². The number of piperidine rings is 1. The van der Waals surface area contributed by atoms with Gasteiger partial charge < -0.3 is 9.64 Å². The fourth-order valence-electron chi connectivity index (χ4n) is 2.16. The van der Waals surface area contributed by atoms with Gasteiger partial charge in [0.25, 0.3) is 0 Å². The van der Waals surface area contributed by atoms with E-state index in [9.17, 15) is 26.7 Å². The van der Waals surface area contributed by atoms with Crippen LogP contribution in [0.5, 0.6) is 5.75 Å². The maximum absolute atomic E-state index is 13.5. The average Bonchev–Trinajstić information content (AvgIpc) is 2.55. The number of alkyl halides is 1. The highest BCUT2D eigenvalue weighted by Gasteiger charge is 2.30. The maximum atomic E-state index is 13.5. The van der Waals surface area contributed by atoms with Crippen molar-refractivity contribution < 1.29 is 31.5 Å². The molecule has 1 aliphatic heterocycles. The van der Waals surface area contributed by atoms with Gasteiger partial charge in [0.05, 0.1) is 0 Å². The summed E-state index contributed by atoms with van der Waals surface area (Å²) >= 11 is 5.40. The molecule has 0 atom stereocenters. The van der Waals surface area contributed by atoms with E-state index in [2.05, 4.69) is 0 Å². The second-order valence-corrected chi connectivity index (χ2v) is 5.00. The molecule has 0 unspecified atom stereocenters. The molecule has 0 radical (unpaired) electrons. The largest absolute Gasteiger partial charge is 0.484 e. The van der Waals surface area contributed by atoms with Gasteiger partial charge in [-0.15, -0.1) is 11.6 Å². The van der Waals surface area contributed by atoms with E-state index >= 15 is 0 Å². The summed E-state index contributed by atoms with van der Waals surface area (Å²) in [5.74, 6) is -12.1. The average molecular weight is 344 g/mol. The highest BCUT2D eigenvalue weighted by atomic mass is 35.5. The summed E-state index contributed by atoms with van der Waals surface area (Å²) in [6, 6.07) is 0. The van der Waals surface area contributed by atoms with Crippen LogP contribution in [0.25, 0.3) is 0 Å². The number of rotatable bonds is 3. The van der Waals surface area contributed by atoms with E-state index in [0.717, 1.165) is 0 Å². The number of carbonyl (C=O) groups is 1. The molecule has 0 saturated carbocycles. The van der Waals surface area contributed by atoms with Crippen LogP contribution in [-0.2, 0) is 4.79 Å². The summed E-state index contributed by atoms with van der Waals surface area (Å²) in [6.45, 7) is 0.456. The van der Waals surface area contributed by atoms with Crippen LogP contribution >= 0.6 is 11.6 Å². The number of amides is 1. The Kier molecular flexibility index (Phi) is 5.10. The normalized spacial score (nSPS) is 16.0. The third kappa shape index (κ3) is 3.11. The number of likely N-dealkylation sites (tertiary alicyclic amines) is 1. The molecule has 122 valence electrons. The molecule has 1 aromatic carbocycles. The van der Waals surface area contributed by atoms with E-state index in [0.29, 0.717) is 0 Å². The molecule has 0 N–H and O–H groups in total. The molecular formula is C13H11ClF5NO2. The minimum atomic E-state index is -2.23. The topological polar surface area (TPSA) is 29.5 Å². The molecule has 1 fully saturated rings. The standard InChI is InChI=1S/C13H11ClF5NO2/c14-5-7(21)20-3-1-6(2-4-20)22-13-11(18)9(16)8(15)10(17)12(13)19/h6H,1-5H2. The zero-order chi connectivity index (χ0) is 16.4. The molecule has 0 spiro atoms. The van der Waals surface area contributed by atoms with Crippen LogP contribution in [0.4, 0.5) is 22.0 Å². The smallest absolute Gasteiger partial charge is 0.237 e. The molecular weight excluding hydrogens is 333 g/mol. The lowest BCUT2D eigenvalue weighted by atomic mass is 10.1. The number of hydrogen-bond donors (Lipinski definition) is 0. The minimum Gasteiger partial charge on any atom is -0.484 e. The Balaban J connectivity index is 2.12. The highest BCUT2D eigenvalue weighted by Crippen LogP contribution is 2.31. The summed E-state index contributed by atoms with van der Waals surface area (Å²) in [5, 5.41) is 0. The summed E-state index contributed by atoms with van der Waals surface area (Å²) < 4.78 is 70.9. The number of nitrogens with zero attached hydrogens (tertiary/aromatic N) is 1. The lowest BCUT2D eigenvalue weighted by Crippen LogP contribution is -2.42. The quantitative estimate of drug-likeness (QED) is 0.365. The van der Waals surface area contributed by atoms with Crippen LogP contribution in [0, 0.1) is 29.1 Å². The molecule has 0 bridgehead atoms. The lowest BCUT2D eigenvalue weighted by Gasteiger charge is -2.32. The molecule has 0 aliphatic carbocycles. The van der Waals surface area contributed by atoms with Gasteiger partial charge in [-0.2, -0.15) is 8.78 Å². The molecule has 1 aromatic rings. The third-order valence-electron chi connectivity index (χ3n) is 3.36. The predicted octanol–water partition coefficient (Wildman–Crippen LogP) is 2.99. The SMILES string of the molecule is O=C(CCl)N1CCC(Oc2c(F)c(F)c(F)c(F)c2F)CC1. The predicted molar refractivity (Wildman–Crippen MR) is 67.2 cm³/mol. The van der Waals surface area contributed by atoms with E-state index in [1.807, 2.05) is 0 Å². The highest BCUT2D eigenvalue weighted by molar-refractivity contribution is 6.27. The van der Waals surface area contributed by atoms with Gasteiger partial charge >= 0.3 is 0 Å². The van der Waals surface area contributed by atoms with Crippen molar-refractivity contribution in [3.05, 3.63) is 29.1 Å². The molecule has 1 aliphatic rings. The number of carbonyl (C=O) groups excluding carboxylic acids is 1. The zero-order valence-electron chi connectivity index (χ0n) is 11.1. The van der Waals surface area contributed by atoms with Crippen molar-refractivity contribution in [1.82, 2.24) is 4.90 Å². The molecule has 1 saturated heterocycles. The third-order valence-corrected chi connectivity index (χ3v) is 3.59. The minimum absolute atomic E-state index is 0.191. The molecule has 3 nitrogen and oxygen atoms in total. The van der Waals surface area contributed by atoms with E-state index in [4.69, 9.17) is 16.3 Å². The number of benzene rings is 1. The zero-order valence-corrected chi connectivity index (χ0v) is 11.9. The summed E-state index contributed by atoms with van der Waals surface area (Å²) in [5.41, 5.74) is 0. The van der Waals surface area contributed by atoms with E-state index < -0.39 is 40.9 Å². The first-order valence-electron chi connectivity index (χ1n) is 6.38. The van der Waals surface area contributed by atoms with Crippen LogP contribution in [0.2, 0.25) is 0 Å². The summed E-state index contributed by atoms with van der Waals surface area (Å²) in [6.07, 6.45) is -0.364. The Labute approximate surface area is 127 Å². The first kappa shape index (κ1) is 16.8. The fourth-order valence-corrected chi connectivity index (χ4v) is 2.33. The van der Waals surface area contributed by atoms with Gasteiger partial charge in [0.2, 0.25) is 35.0 Å². The van der Waals surface area contributed by atoms with Crippen molar-refractivity contribution in [2.45, 2.75) is 18.9 Å². The Morgan fingerprint density at radius 3 is 1.91 bits per heavy atom. The molecule has 22 heavy (non-hydrogen) atoms. The second-order valence-electron chi connectivity index (χ2n) is 4.73. The van der Waals surface area contributed by atoms with Crippen LogP contribution in [-0.4, -0.2) is 35.9 Å². The lowest BCUT2D eigenvalue weighted by molar-refractivity contribution is -0.130. The second kappa shape index (κ2) is 6.68. The van der Waals surface area contributed by atoms with Gasteiger partial charge in [-0.05, 0) is 0 Å². The van der Waals surface area contributed by atoms with E-state index in [1.165, 1.54) is 4.90 Å². The van der Waals surface area contributed by atoms with Crippen LogP contribution in [0.15, 0.2) is 0 Å². The maximum Gasteiger partial charge on any atom is 0.237 e. The Hall–Kier alpha value is -1.57. The molecule has 1 amide bonds. The van der Waals surface area contributed by atoms with Crippen LogP contribution in [0.3, 0.4) is 0 Å². The van der Waals surface area contributed by atoms with Crippen molar-refractivity contribution in [1.29, 1.82) is 0 Å². The molecule has 1 heterocycles. The Morgan fingerprint density at radius 2 is 1.45 bits per heavy atom. The molecule has 9 heteroatoms. The number of ether oxygens (including phenoxy) is 1. The van der Waals surface area contributed by atoms with Gasteiger partial charge in [0, 0.05) is 25.9 Å². The van der Waals surface area contributed by atoms with Gasteiger partial charge in [0.1, 0.15) is 12.0 Å². The van der Waals surface area contributed by atoms with Gasteiger partial charge in [0.15, 0.2) is 5.75 Å². The molecule has 0 aromatic heterocycles. The first-order valence-corrected chi connectivity index (χ1v) is 6.92. The first-order chi connectivity index (χ1) is 10.4. The summed E-state index contributed by atoms with van der Waals surface area (Å²) in [7, 11) is 0. The van der Waals surface area contributed by atoms with Crippen molar-refractivity contribution in [3.8, 4) is 5.75 Å². The molecule has 2 rings (SSSR count). The number of hydrogen-bond acceptors (Lipinski definition) is 2. The monoisotopic (exact) mass is 343 g/mol. The summed E-state index contributed by atoms with van der Waals surface area (Å²) in [4.78, 5) is 12.8.